The van der Waals surface area contributed by atoms with Crippen molar-refractivity contribution >= 4 is 15.8 Å². The van der Waals surface area contributed by atoms with Crippen molar-refractivity contribution in [1.82, 2.24) is 4.90 Å². The second-order valence-corrected chi connectivity index (χ2v) is 6.22. The largest absolute Gasteiger partial charge is 0.480 e. The Bertz CT molecular complexity index is 346. The SMILES string of the molecule is O=C(O)C1CN(C2CC2)CCS1(=O)=O. The molecule has 0 radical (unpaired) electrons. The topological polar surface area (TPSA) is 74.7 Å². The van der Waals surface area contributed by atoms with Crippen LogP contribution in [0.5, 0.6) is 0 Å². The van der Waals surface area contributed by atoms with Crippen molar-refractivity contribution in [3.05, 3.63) is 0 Å². The maximum atomic E-state index is 11.4. The number of aliphatic carboxylic acids is 1. The summed E-state index contributed by atoms with van der Waals surface area (Å²) in [5, 5.41) is 7.58. The molecule has 1 atom stereocenters. The van der Waals surface area contributed by atoms with Gasteiger partial charge in [0.25, 0.3) is 0 Å². The first-order valence-electron chi connectivity index (χ1n) is 4.69. The Hall–Kier alpha value is -0.620. The molecule has 0 bridgehead atoms. The van der Waals surface area contributed by atoms with Crippen molar-refractivity contribution in [1.29, 1.82) is 0 Å². The first-order valence-corrected chi connectivity index (χ1v) is 6.40. The molecule has 0 aromatic rings. The number of sulfone groups is 1. The Morgan fingerprint density at radius 3 is 2.50 bits per heavy atom. The summed E-state index contributed by atoms with van der Waals surface area (Å²) in [5.41, 5.74) is 0. The average Bonchev–Trinajstić information content (AvgIpc) is 2.86. The van der Waals surface area contributed by atoms with Gasteiger partial charge in [-0.2, -0.15) is 0 Å². The normalized spacial score (nSPS) is 32.7. The van der Waals surface area contributed by atoms with E-state index in [2.05, 4.69) is 0 Å². The fourth-order valence-corrected chi connectivity index (χ4v) is 3.31. The van der Waals surface area contributed by atoms with E-state index in [0.29, 0.717) is 12.6 Å². The van der Waals surface area contributed by atoms with E-state index in [1.165, 1.54) is 0 Å². The molecule has 2 aliphatic rings. The molecule has 2 rings (SSSR count). The van der Waals surface area contributed by atoms with Gasteiger partial charge in [-0.25, -0.2) is 8.42 Å². The molecule has 1 N–H and O–H groups in total. The molecule has 1 saturated carbocycles. The highest BCUT2D eigenvalue weighted by atomic mass is 32.2. The van der Waals surface area contributed by atoms with E-state index >= 15 is 0 Å². The predicted molar refractivity (Wildman–Crippen MR) is 49.8 cm³/mol. The lowest BCUT2D eigenvalue weighted by molar-refractivity contribution is -0.137. The molecule has 0 aromatic heterocycles. The molecule has 0 amide bonds. The minimum absolute atomic E-state index is 0.0134. The van der Waals surface area contributed by atoms with Crippen LogP contribution < -0.4 is 0 Å². The number of carboxylic acids is 1. The maximum absolute atomic E-state index is 11.4. The number of hydrogen-bond acceptors (Lipinski definition) is 4. The van der Waals surface area contributed by atoms with Crippen LogP contribution in [0, 0.1) is 0 Å². The summed E-state index contributed by atoms with van der Waals surface area (Å²) in [6.07, 6.45) is 2.15. The monoisotopic (exact) mass is 219 g/mol. The van der Waals surface area contributed by atoms with Crippen molar-refractivity contribution in [2.24, 2.45) is 0 Å². The maximum Gasteiger partial charge on any atom is 0.323 e. The molecule has 5 nitrogen and oxygen atoms in total. The molecular formula is C8H13NO4S. The molecule has 0 aromatic carbocycles. The Morgan fingerprint density at radius 1 is 1.36 bits per heavy atom. The highest BCUT2D eigenvalue weighted by Crippen LogP contribution is 2.29. The molecule has 1 saturated heterocycles. The van der Waals surface area contributed by atoms with Crippen molar-refractivity contribution < 1.29 is 18.3 Å². The third-order valence-electron chi connectivity index (χ3n) is 2.84. The van der Waals surface area contributed by atoms with Gasteiger partial charge in [0.05, 0.1) is 5.75 Å². The van der Waals surface area contributed by atoms with Gasteiger partial charge in [-0.15, -0.1) is 0 Å². The highest BCUT2D eigenvalue weighted by Gasteiger charge is 2.42. The van der Waals surface area contributed by atoms with Crippen LogP contribution in [0.3, 0.4) is 0 Å². The van der Waals surface area contributed by atoms with Crippen LogP contribution in [0.2, 0.25) is 0 Å². The van der Waals surface area contributed by atoms with Gasteiger partial charge in [-0.3, -0.25) is 9.69 Å². The van der Waals surface area contributed by atoms with Crippen LogP contribution >= 0.6 is 0 Å². The zero-order chi connectivity index (χ0) is 10.3. The van der Waals surface area contributed by atoms with E-state index in [-0.39, 0.29) is 12.3 Å². The van der Waals surface area contributed by atoms with Crippen molar-refractivity contribution in [2.75, 3.05) is 18.8 Å². The lowest BCUT2D eigenvalue weighted by Gasteiger charge is -2.30. The zero-order valence-electron chi connectivity index (χ0n) is 7.72. The second kappa shape index (κ2) is 3.20. The third kappa shape index (κ3) is 1.76. The summed E-state index contributed by atoms with van der Waals surface area (Å²) in [6, 6.07) is 0.437. The van der Waals surface area contributed by atoms with Crippen LogP contribution in [0.25, 0.3) is 0 Å². The number of rotatable bonds is 2. The van der Waals surface area contributed by atoms with Crippen LogP contribution in [0.4, 0.5) is 0 Å². The summed E-state index contributed by atoms with van der Waals surface area (Å²) < 4.78 is 22.8. The van der Waals surface area contributed by atoms with E-state index in [1.54, 1.807) is 0 Å². The van der Waals surface area contributed by atoms with E-state index in [1.807, 2.05) is 4.90 Å². The summed E-state index contributed by atoms with van der Waals surface area (Å²) in [4.78, 5) is 12.7. The predicted octanol–water partition coefficient (Wildman–Crippen LogP) is -0.668. The minimum atomic E-state index is -3.40. The Morgan fingerprint density at radius 2 is 2.00 bits per heavy atom. The molecule has 2 fully saturated rings. The van der Waals surface area contributed by atoms with Gasteiger partial charge in [0.1, 0.15) is 0 Å². The molecule has 1 heterocycles. The number of carbonyl (C=O) groups is 1. The number of nitrogens with zero attached hydrogens (tertiary/aromatic N) is 1. The highest BCUT2D eigenvalue weighted by molar-refractivity contribution is 7.92. The molecular weight excluding hydrogens is 206 g/mol. The molecule has 80 valence electrons. The molecule has 14 heavy (non-hydrogen) atoms. The molecule has 1 unspecified atom stereocenters. The third-order valence-corrected chi connectivity index (χ3v) is 4.80. The Balaban J connectivity index is 2.13. The Kier molecular flexibility index (Phi) is 2.27. The molecule has 0 spiro atoms. The smallest absolute Gasteiger partial charge is 0.323 e. The van der Waals surface area contributed by atoms with E-state index in [4.69, 9.17) is 5.11 Å². The van der Waals surface area contributed by atoms with Crippen molar-refractivity contribution in [3.8, 4) is 0 Å². The quantitative estimate of drug-likeness (QED) is 0.667. The van der Waals surface area contributed by atoms with Crippen molar-refractivity contribution in [3.63, 3.8) is 0 Å². The van der Waals surface area contributed by atoms with Gasteiger partial charge < -0.3 is 5.11 Å². The average molecular weight is 219 g/mol. The minimum Gasteiger partial charge on any atom is -0.480 e. The van der Waals surface area contributed by atoms with Gasteiger partial charge in [0, 0.05) is 19.1 Å². The van der Waals surface area contributed by atoms with Gasteiger partial charge in [0.2, 0.25) is 0 Å². The van der Waals surface area contributed by atoms with Gasteiger partial charge in [0.15, 0.2) is 15.1 Å². The number of carboxylic acid groups (broad SMARTS) is 1. The lowest BCUT2D eigenvalue weighted by Crippen LogP contribution is -2.51. The standard InChI is InChI=1S/C8H13NO4S/c10-8(11)7-5-9(6-1-2-6)3-4-14(7,12)13/h6-7H,1-5H2,(H,10,11). The molecule has 6 heteroatoms. The second-order valence-electron chi connectivity index (χ2n) is 3.92. The molecule has 1 aliphatic carbocycles. The fraction of sp³-hybridized carbons (Fsp3) is 0.875. The summed E-state index contributed by atoms with van der Waals surface area (Å²) in [5.74, 6) is -1.23. The summed E-state index contributed by atoms with van der Waals surface area (Å²) in [6.45, 7) is 0.666. The van der Waals surface area contributed by atoms with Crippen LogP contribution in [0.15, 0.2) is 0 Å². The first kappa shape index (κ1) is 9.92. The van der Waals surface area contributed by atoms with E-state index in [0.717, 1.165) is 12.8 Å². The van der Waals surface area contributed by atoms with Crippen LogP contribution in [-0.2, 0) is 14.6 Å². The number of hydrogen-bond donors (Lipinski definition) is 1. The van der Waals surface area contributed by atoms with Gasteiger partial charge in [-0.05, 0) is 12.8 Å². The van der Waals surface area contributed by atoms with Crippen molar-refractivity contribution in [2.45, 2.75) is 24.1 Å². The van der Waals surface area contributed by atoms with Gasteiger partial charge >= 0.3 is 5.97 Å². The van der Waals surface area contributed by atoms with E-state index in [9.17, 15) is 13.2 Å². The fourth-order valence-electron chi connectivity index (χ4n) is 1.81. The van der Waals surface area contributed by atoms with Crippen LogP contribution in [0.1, 0.15) is 12.8 Å². The summed E-state index contributed by atoms with van der Waals surface area (Å²) >= 11 is 0. The van der Waals surface area contributed by atoms with Gasteiger partial charge in [-0.1, -0.05) is 0 Å². The van der Waals surface area contributed by atoms with E-state index < -0.39 is 21.1 Å². The Labute approximate surface area is 82.6 Å². The zero-order valence-corrected chi connectivity index (χ0v) is 8.53. The molecule has 1 aliphatic heterocycles. The van der Waals surface area contributed by atoms with Crippen LogP contribution in [-0.4, -0.2) is 54.5 Å². The summed E-state index contributed by atoms with van der Waals surface area (Å²) in [7, 11) is -3.40. The lowest BCUT2D eigenvalue weighted by atomic mass is 10.3. The first-order chi connectivity index (χ1) is 6.50.